The van der Waals surface area contributed by atoms with Crippen molar-refractivity contribution in [1.82, 2.24) is 10.2 Å². The van der Waals surface area contributed by atoms with E-state index in [1.807, 2.05) is 7.11 Å². The molecule has 3 heteroatoms. The first-order valence-corrected chi connectivity index (χ1v) is 6.21. The van der Waals surface area contributed by atoms with Crippen LogP contribution in [0.4, 0.5) is 0 Å². The lowest BCUT2D eigenvalue weighted by molar-refractivity contribution is -0.0883. The van der Waals surface area contributed by atoms with Gasteiger partial charge in [0.25, 0.3) is 0 Å². The predicted molar refractivity (Wildman–Crippen MR) is 62.1 cm³/mol. The summed E-state index contributed by atoms with van der Waals surface area (Å²) >= 11 is 0. The number of rotatable bonds is 2. The second-order valence-electron chi connectivity index (χ2n) is 5.13. The molecule has 0 spiro atoms. The predicted octanol–water partition coefficient (Wildman–Crippen LogP) is 1.10. The molecule has 3 nitrogen and oxygen atoms in total. The first-order chi connectivity index (χ1) is 7.27. The maximum absolute atomic E-state index is 5.87. The fraction of sp³-hybridized carbons (Fsp3) is 1.00. The average molecular weight is 212 g/mol. The molecule has 1 atom stereocenters. The fourth-order valence-corrected chi connectivity index (χ4v) is 3.13. The lowest BCUT2D eigenvalue weighted by atomic mass is 9.76. The SMILES string of the molecule is COC1(C2CCN(C)CC2)CCCNC1. The molecule has 2 aliphatic heterocycles. The van der Waals surface area contributed by atoms with Gasteiger partial charge in [-0.3, -0.25) is 0 Å². The normalized spacial score (nSPS) is 35.6. The Morgan fingerprint density at radius 3 is 2.60 bits per heavy atom. The summed E-state index contributed by atoms with van der Waals surface area (Å²) in [4.78, 5) is 2.43. The van der Waals surface area contributed by atoms with E-state index in [9.17, 15) is 0 Å². The summed E-state index contributed by atoms with van der Waals surface area (Å²) in [5, 5.41) is 3.50. The minimum absolute atomic E-state index is 0.138. The third-order valence-electron chi connectivity index (χ3n) is 4.25. The number of methoxy groups -OCH3 is 1. The Hall–Kier alpha value is -0.120. The molecule has 15 heavy (non-hydrogen) atoms. The van der Waals surface area contributed by atoms with E-state index >= 15 is 0 Å². The molecule has 0 radical (unpaired) electrons. The molecule has 2 heterocycles. The van der Waals surface area contributed by atoms with Gasteiger partial charge in [-0.2, -0.15) is 0 Å². The number of nitrogens with zero attached hydrogens (tertiary/aromatic N) is 1. The second-order valence-corrected chi connectivity index (χ2v) is 5.13. The maximum atomic E-state index is 5.87. The van der Waals surface area contributed by atoms with Crippen LogP contribution in [0.2, 0.25) is 0 Å². The van der Waals surface area contributed by atoms with E-state index in [1.165, 1.54) is 38.8 Å². The zero-order valence-electron chi connectivity index (χ0n) is 10.1. The van der Waals surface area contributed by atoms with Gasteiger partial charge in [0, 0.05) is 13.7 Å². The van der Waals surface area contributed by atoms with Crippen LogP contribution in [-0.2, 0) is 4.74 Å². The standard InChI is InChI=1S/C12H24N2O/c1-14-8-4-11(5-9-14)12(15-2)6-3-7-13-10-12/h11,13H,3-10H2,1-2H3. The highest BCUT2D eigenvalue weighted by Gasteiger charge is 2.40. The molecule has 2 fully saturated rings. The molecule has 0 aromatic heterocycles. The Balaban J connectivity index is 1.98. The fourth-order valence-electron chi connectivity index (χ4n) is 3.13. The highest BCUT2D eigenvalue weighted by atomic mass is 16.5. The summed E-state index contributed by atoms with van der Waals surface area (Å²) in [6.07, 6.45) is 5.10. The van der Waals surface area contributed by atoms with Crippen LogP contribution in [0.15, 0.2) is 0 Å². The van der Waals surface area contributed by atoms with Crippen LogP contribution in [0.5, 0.6) is 0 Å². The molecule has 0 aromatic rings. The van der Waals surface area contributed by atoms with Gasteiger partial charge in [-0.1, -0.05) is 0 Å². The first kappa shape index (κ1) is 11.4. The van der Waals surface area contributed by atoms with Gasteiger partial charge in [-0.15, -0.1) is 0 Å². The summed E-state index contributed by atoms with van der Waals surface area (Å²) in [5.74, 6) is 0.756. The molecular weight excluding hydrogens is 188 g/mol. The van der Waals surface area contributed by atoms with E-state index in [0.717, 1.165) is 19.0 Å². The van der Waals surface area contributed by atoms with Crippen molar-refractivity contribution in [3.63, 3.8) is 0 Å². The van der Waals surface area contributed by atoms with Crippen LogP contribution in [-0.4, -0.2) is 50.8 Å². The molecule has 1 N–H and O–H groups in total. The van der Waals surface area contributed by atoms with Crippen LogP contribution >= 0.6 is 0 Å². The maximum Gasteiger partial charge on any atom is 0.0831 e. The number of hydrogen-bond acceptors (Lipinski definition) is 3. The van der Waals surface area contributed by atoms with Crippen LogP contribution in [0.25, 0.3) is 0 Å². The lowest BCUT2D eigenvalue weighted by Gasteiger charge is -2.45. The van der Waals surface area contributed by atoms with Crippen LogP contribution in [0.3, 0.4) is 0 Å². The monoisotopic (exact) mass is 212 g/mol. The Bertz CT molecular complexity index is 194. The smallest absolute Gasteiger partial charge is 0.0831 e. The molecule has 0 aliphatic carbocycles. The molecule has 1 unspecified atom stereocenters. The Morgan fingerprint density at radius 2 is 2.07 bits per heavy atom. The Kier molecular flexibility index (Phi) is 3.65. The molecule has 0 bridgehead atoms. The molecule has 0 amide bonds. The van der Waals surface area contributed by atoms with Gasteiger partial charge in [-0.05, 0) is 58.3 Å². The van der Waals surface area contributed by atoms with Crippen molar-refractivity contribution in [2.75, 3.05) is 40.3 Å². The van der Waals surface area contributed by atoms with Gasteiger partial charge in [0.05, 0.1) is 5.60 Å². The third-order valence-corrected chi connectivity index (χ3v) is 4.25. The Labute approximate surface area is 93.2 Å². The molecule has 2 saturated heterocycles. The third kappa shape index (κ3) is 2.35. The van der Waals surface area contributed by atoms with Crippen molar-refractivity contribution in [2.45, 2.75) is 31.3 Å². The largest absolute Gasteiger partial charge is 0.377 e. The van der Waals surface area contributed by atoms with E-state index in [1.54, 1.807) is 0 Å². The summed E-state index contributed by atoms with van der Waals surface area (Å²) in [5.41, 5.74) is 0.138. The first-order valence-electron chi connectivity index (χ1n) is 6.21. The second kappa shape index (κ2) is 4.81. The van der Waals surface area contributed by atoms with Gasteiger partial charge >= 0.3 is 0 Å². The van der Waals surface area contributed by atoms with E-state index in [0.29, 0.717) is 0 Å². The molecule has 0 saturated carbocycles. The zero-order chi connectivity index (χ0) is 10.7. The Morgan fingerprint density at radius 1 is 1.33 bits per heavy atom. The van der Waals surface area contributed by atoms with Crippen LogP contribution in [0.1, 0.15) is 25.7 Å². The van der Waals surface area contributed by atoms with Crippen LogP contribution < -0.4 is 5.32 Å². The minimum Gasteiger partial charge on any atom is -0.377 e. The van der Waals surface area contributed by atoms with Gasteiger partial charge in [-0.25, -0.2) is 0 Å². The summed E-state index contributed by atoms with van der Waals surface area (Å²) in [7, 11) is 4.11. The molecule has 2 aliphatic rings. The van der Waals surface area contributed by atoms with Crippen molar-refractivity contribution in [3.8, 4) is 0 Å². The van der Waals surface area contributed by atoms with Gasteiger partial charge in [0.1, 0.15) is 0 Å². The topological polar surface area (TPSA) is 24.5 Å². The van der Waals surface area contributed by atoms with E-state index in [4.69, 9.17) is 4.74 Å². The number of piperidine rings is 2. The van der Waals surface area contributed by atoms with Gasteiger partial charge in [0.2, 0.25) is 0 Å². The minimum atomic E-state index is 0.138. The van der Waals surface area contributed by atoms with E-state index < -0.39 is 0 Å². The van der Waals surface area contributed by atoms with Crippen molar-refractivity contribution in [2.24, 2.45) is 5.92 Å². The van der Waals surface area contributed by atoms with Crippen molar-refractivity contribution in [1.29, 1.82) is 0 Å². The number of hydrogen-bond donors (Lipinski definition) is 1. The highest BCUT2D eigenvalue weighted by Crippen LogP contribution is 2.35. The lowest BCUT2D eigenvalue weighted by Crippen LogP contribution is -2.54. The molecule has 88 valence electrons. The summed E-state index contributed by atoms with van der Waals surface area (Å²) < 4.78 is 5.87. The van der Waals surface area contributed by atoms with Gasteiger partial charge in [0.15, 0.2) is 0 Å². The number of ether oxygens (including phenoxy) is 1. The molecule has 0 aromatic carbocycles. The number of likely N-dealkylation sites (tertiary alicyclic amines) is 1. The zero-order valence-corrected chi connectivity index (χ0v) is 10.1. The summed E-state index contributed by atoms with van der Waals surface area (Å²) in [6.45, 7) is 4.68. The van der Waals surface area contributed by atoms with Gasteiger partial charge < -0.3 is 15.0 Å². The van der Waals surface area contributed by atoms with Crippen LogP contribution in [0, 0.1) is 5.92 Å². The van der Waals surface area contributed by atoms with Crippen molar-refractivity contribution in [3.05, 3.63) is 0 Å². The van der Waals surface area contributed by atoms with E-state index in [2.05, 4.69) is 17.3 Å². The average Bonchev–Trinajstić information content (AvgIpc) is 2.31. The quantitative estimate of drug-likeness (QED) is 0.742. The van der Waals surface area contributed by atoms with E-state index in [-0.39, 0.29) is 5.60 Å². The summed E-state index contributed by atoms with van der Waals surface area (Å²) in [6, 6.07) is 0. The number of nitrogens with one attached hydrogen (secondary N) is 1. The highest BCUT2D eigenvalue weighted by molar-refractivity contribution is 4.95. The van der Waals surface area contributed by atoms with Crippen molar-refractivity contribution >= 4 is 0 Å². The molecular formula is C12H24N2O. The molecule has 2 rings (SSSR count). The van der Waals surface area contributed by atoms with Crippen molar-refractivity contribution < 1.29 is 4.74 Å².